The molecule has 2 aromatic carbocycles. The van der Waals surface area contributed by atoms with E-state index in [9.17, 15) is 9.59 Å². The first-order chi connectivity index (χ1) is 12.4. The Kier molecular flexibility index (Phi) is 5.09. The molecule has 0 N–H and O–H groups in total. The highest BCUT2D eigenvalue weighted by Crippen LogP contribution is 2.23. The molecule has 0 aliphatic carbocycles. The number of aromatic nitrogens is 2. The van der Waals surface area contributed by atoms with Crippen LogP contribution in [0, 0.1) is 12.8 Å². The third kappa shape index (κ3) is 3.63. The summed E-state index contributed by atoms with van der Waals surface area (Å²) in [5.74, 6) is 0.0137. The molecule has 0 saturated carbocycles. The van der Waals surface area contributed by atoms with E-state index >= 15 is 0 Å². The van der Waals surface area contributed by atoms with E-state index in [0.29, 0.717) is 28.1 Å². The van der Waals surface area contributed by atoms with Gasteiger partial charge in [-0.05, 0) is 42.7 Å². The zero-order chi connectivity index (χ0) is 18.8. The standard InChI is InChI=1S/C20H19ClN2O3/c1-12(2)11-23-19(24)16-7-5-4-6-15(16)18(22-23)20(25)26-17-9-8-14(21)10-13(17)3/h4-10,12H,11H2,1-3H3. The molecule has 3 aromatic rings. The zero-order valence-corrected chi connectivity index (χ0v) is 15.6. The van der Waals surface area contributed by atoms with Crippen LogP contribution in [0.4, 0.5) is 0 Å². The molecule has 6 heteroatoms. The van der Waals surface area contributed by atoms with Gasteiger partial charge in [0.15, 0.2) is 5.69 Å². The molecule has 0 amide bonds. The van der Waals surface area contributed by atoms with E-state index in [4.69, 9.17) is 16.3 Å². The molecule has 0 aliphatic rings. The van der Waals surface area contributed by atoms with Crippen molar-refractivity contribution in [3.05, 3.63) is 69.1 Å². The highest BCUT2D eigenvalue weighted by atomic mass is 35.5. The number of hydrogen-bond acceptors (Lipinski definition) is 4. The Morgan fingerprint density at radius 1 is 1.19 bits per heavy atom. The molecule has 0 aliphatic heterocycles. The minimum Gasteiger partial charge on any atom is -0.421 e. The number of esters is 1. The van der Waals surface area contributed by atoms with Crippen LogP contribution in [0.15, 0.2) is 47.3 Å². The fourth-order valence-corrected chi connectivity index (χ4v) is 2.96. The van der Waals surface area contributed by atoms with E-state index in [1.54, 1.807) is 49.4 Å². The molecule has 0 spiro atoms. The minimum atomic E-state index is -0.607. The topological polar surface area (TPSA) is 61.2 Å². The lowest BCUT2D eigenvalue weighted by molar-refractivity contribution is 0.0726. The van der Waals surface area contributed by atoms with Crippen molar-refractivity contribution < 1.29 is 9.53 Å². The lowest BCUT2D eigenvalue weighted by Crippen LogP contribution is -2.28. The number of fused-ring (bicyclic) bond motifs is 1. The molecule has 26 heavy (non-hydrogen) atoms. The molecule has 0 atom stereocenters. The van der Waals surface area contributed by atoms with Crippen molar-refractivity contribution in [2.75, 3.05) is 0 Å². The molecule has 5 nitrogen and oxygen atoms in total. The molecule has 0 fully saturated rings. The van der Waals surface area contributed by atoms with Gasteiger partial charge in [0.25, 0.3) is 5.56 Å². The quantitative estimate of drug-likeness (QED) is 0.509. The van der Waals surface area contributed by atoms with Crippen LogP contribution < -0.4 is 10.3 Å². The fraction of sp³-hybridized carbons (Fsp3) is 0.250. The van der Waals surface area contributed by atoms with Crippen molar-refractivity contribution in [1.29, 1.82) is 0 Å². The lowest BCUT2D eigenvalue weighted by atomic mass is 10.1. The van der Waals surface area contributed by atoms with E-state index in [2.05, 4.69) is 5.10 Å². The van der Waals surface area contributed by atoms with Gasteiger partial charge in [0.05, 0.1) is 5.39 Å². The first-order valence-electron chi connectivity index (χ1n) is 8.35. The van der Waals surface area contributed by atoms with Crippen molar-refractivity contribution in [2.45, 2.75) is 27.3 Å². The van der Waals surface area contributed by atoms with Crippen LogP contribution in [0.25, 0.3) is 10.8 Å². The SMILES string of the molecule is Cc1cc(Cl)ccc1OC(=O)c1nn(CC(C)C)c(=O)c2ccccc12. The van der Waals surface area contributed by atoms with Crippen LogP contribution in [0.1, 0.15) is 29.9 Å². The average Bonchev–Trinajstić information content (AvgIpc) is 2.59. The van der Waals surface area contributed by atoms with Crippen LogP contribution in [-0.4, -0.2) is 15.7 Å². The number of rotatable bonds is 4. The zero-order valence-electron chi connectivity index (χ0n) is 14.8. The van der Waals surface area contributed by atoms with E-state index < -0.39 is 5.97 Å². The summed E-state index contributed by atoms with van der Waals surface area (Å²) in [6, 6.07) is 11.9. The number of hydrogen-bond donors (Lipinski definition) is 0. The highest BCUT2D eigenvalue weighted by molar-refractivity contribution is 6.30. The molecule has 1 aromatic heterocycles. The summed E-state index contributed by atoms with van der Waals surface area (Å²) >= 11 is 5.94. The van der Waals surface area contributed by atoms with E-state index in [1.165, 1.54) is 4.68 Å². The number of carbonyl (C=O) groups excluding carboxylic acids is 1. The molecular formula is C20H19ClN2O3. The average molecular weight is 371 g/mol. The Balaban J connectivity index is 2.09. The minimum absolute atomic E-state index is 0.121. The maximum absolute atomic E-state index is 12.8. The molecular weight excluding hydrogens is 352 g/mol. The summed E-state index contributed by atoms with van der Waals surface area (Å²) < 4.78 is 6.85. The van der Waals surface area contributed by atoms with Crippen LogP contribution in [0.2, 0.25) is 5.02 Å². The van der Waals surface area contributed by atoms with Gasteiger partial charge in [0, 0.05) is 17.0 Å². The van der Waals surface area contributed by atoms with Gasteiger partial charge in [0.2, 0.25) is 0 Å². The smallest absolute Gasteiger partial charge is 0.364 e. The Hall–Kier alpha value is -2.66. The third-order valence-electron chi connectivity index (χ3n) is 3.94. The second-order valence-electron chi connectivity index (χ2n) is 6.57. The van der Waals surface area contributed by atoms with Crippen LogP contribution >= 0.6 is 11.6 Å². The number of carbonyl (C=O) groups is 1. The van der Waals surface area contributed by atoms with E-state index in [1.807, 2.05) is 13.8 Å². The van der Waals surface area contributed by atoms with Gasteiger partial charge in [0.1, 0.15) is 5.75 Å². The van der Waals surface area contributed by atoms with E-state index in [0.717, 1.165) is 5.56 Å². The Morgan fingerprint density at radius 3 is 2.54 bits per heavy atom. The number of benzene rings is 2. The summed E-state index contributed by atoms with van der Waals surface area (Å²) in [6.45, 7) is 6.19. The van der Waals surface area contributed by atoms with Crippen molar-refractivity contribution in [1.82, 2.24) is 9.78 Å². The molecule has 0 unspecified atom stereocenters. The number of nitrogens with zero attached hydrogens (tertiary/aromatic N) is 2. The fourth-order valence-electron chi connectivity index (χ4n) is 2.73. The summed E-state index contributed by atoms with van der Waals surface area (Å²) in [6.07, 6.45) is 0. The Morgan fingerprint density at radius 2 is 1.88 bits per heavy atom. The maximum atomic E-state index is 12.8. The van der Waals surface area contributed by atoms with Gasteiger partial charge in [-0.25, -0.2) is 9.48 Å². The van der Waals surface area contributed by atoms with Gasteiger partial charge >= 0.3 is 5.97 Å². The van der Waals surface area contributed by atoms with Crippen molar-refractivity contribution in [2.24, 2.45) is 5.92 Å². The first-order valence-corrected chi connectivity index (χ1v) is 8.73. The largest absolute Gasteiger partial charge is 0.421 e. The van der Waals surface area contributed by atoms with E-state index in [-0.39, 0.29) is 17.2 Å². The van der Waals surface area contributed by atoms with Gasteiger partial charge in [-0.2, -0.15) is 5.10 Å². The Bertz CT molecular complexity index is 1040. The van der Waals surface area contributed by atoms with Gasteiger partial charge < -0.3 is 4.74 Å². The second kappa shape index (κ2) is 7.30. The van der Waals surface area contributed by atoms with Crippen LogP contribution in [0.3, 0.4) is 0 Å². The van der Waals surface area contributed by atoms with Gasteiger partial charge in [-0.1, -0.05) is 43.6 Å². The van der Waals surface area contributed by atoms with Gasteiger partial charge in [-0.15, -0.1) is 0 Å². The molecule has 1 heterocycles. The van der Waals surface area contributed by atoms with Crippen molar-refractivity contribution in [3.8, 4) is 5.75 Å². The number of halogens is 1. The van der Waals surface area contributed by atoms with Gasteiger partial charge in [-0.3, -0.25) is 4.79 Å². The monoisotopic (exact) mass is 370 g/mol. The molecule has 0 radical (unpaired) electrons. The summed E-state index contributed by atoms with van der Waals surface area (Å²) in [5, 5.41) is 5.78. The highest BCUT2D eigenvalue weighted by Gasteiger charge is 2.19. The summed E-state index contributed by atoms with van der Waals surface area (Å²) in [4.78, 5) is 25.4. The predicted molar refractivity (Wildman–Crippen MR) is 102 cm³/mol. The molecule has 0 saturated heterocycles. The second-order valence-corrected chi connectivity index (χ2v) is 7.01. The summed E-state index contributed by atoms with van der Waals surface area (Å²) in [5.41, 5.74) is 0.648. The molecule has 3 rings (SSSR count). The number of ether oxygens (including phenoxy) is 1. The third-order valence-corrected chi connectivity index (χ3v) is 4.17. The predicted octanol–water partition coefficient (Wildman–Crippen LogP) is 4.23. The lowest BCUT2D eigenvalue weighted by Gasteiger charge is -2.13. The number of aryl methyl sites for hydroxylation is 1. The molecule has 134 valence electrons. The normalized spacial score (nSPS) is 11.1. The Labute approximate surface area is 156 Å². The molecule has 0 bridgehead atoms. The maximum Gasteiger partial charge on any atom is 0.364 e. The van der Waals surface area contributed by atoms with Crippen LogP contribution in [0.5, 0.6) is 5.75 Å². The van der Waals surface area contributed by atoms with Crippen LogP contribution in [-0.2, 0) is 6.54 Å². The summed E-state index contributed by atoms with van der Waals surface area (Å²) in [7, 11) is 0. The first kappa shape index (κ1) is 18.1. The van der Waals surface area contributed by atoms with Crippen molar-refractivity contribution in [3.63, 3.8) is 0 Å². The van der Waals surface area contributed by atoms with Crippen molar-refractivity contribution >= 4 is 28.3 Å².